The zero-order valence-electron chi connectivity index (χ0n) is 15.2. The molecule has 28 heavy (non-hydrogen) atoms. The van der Waals surface area contributed by atoms with Crippen LogP contribution in [0, 0.1) is 5.92 Å². The minimum atomic E-state index is -4.39. The summed E-state index contributed by atoms with van der Waals surface area (Å²) < 4.78 is 45.7. The molecule has 1 aliphatic carbocycles. The fourth-order valence-electron chi connectivity index (χ4n) is 3.48. The van der Waals surface area contributed by atoms with E-state index in [1.807, 2.05) is 6.07 Å². The van der Waals surface area contributed by atoms with E-state index in [9.17, 15) is 18.0 Å². The molecule has 4 rings (SSSR count). The molecular formula is C20H18F3N3O2. The van der Waals surface area contributed by atoms with Crippen LogP contribution in [-0.4, -0.2) is 22.7 Å². The topological polar surface area (TPSA) is 56.1 Å². The number of ether oxygens (including phenoxy) is 1. The molecule has 1 fully saturated rings. The van der Waals surface area contributed by atoms with E-state index in [0.29, 0.717) is 11.5 Å². The smallest absolute Gasteiger partial charge is 0.416 e. The summed E-state index contributed by atoms with van der Waals surface area (Å²) in [4.78, 5) is 11.9. The summed E-state index contributed by atoms with van der Waals surface area (Å²) in [6, 6.07) is 8.19. The third-order valence-corrected chi connectivity index (χ3v) is 5.06. The third-order valence-electron chi connectivity index (χ3n) is 5.06. The Morgan fingerprint density at radius 2 is 1.93 bits per heavy atom. The molecule has 1 aliphatic rings. The lowest BCUT2D eigenvalue weighted by Gasteiger charge is -2.11. The third kappa shape index (κ3) is 3.30. The molecule has 0 unspecified atom stereocenters. The number of carbonyl (C=O) groups excluding carboxylic acids is 1. The van der Waals surface area contributed by atoms with Crippen molar-refractivity contribution in [3.8, 4) is 11.5 Å². The number of amides is 1. The molecule has 0 radical (unpaired) electrons. The van der Waals surface area contributed by atoms with Gasteiger partial charge in [-0.15, -0.1) is 0 Å². The Kier molecular flexibility index (Phi) is 4.28. The first-order valence-corrected chi connectivity index (χ1v) is 8.80. The molecule has 5 nitrogen and oxygen atoms in total. The summed E-state index contributed by atoms with van der Waals surface area (Å²) in [6.45, 7) is 0. The van der Waals surface area contributed by atoms with Crippen LogP contribution in [0.3, 0.4) is 0 Å². The average Bonchev–Trinajstić information content (AvgIpc) is 3.38. The Bertz CT molecular complexity index is 1040. The number of hydrogen-bond acceptors (Lipinski definition) is 3. The van der Waals surface area contributed by atoms with E-state index in [4.69, 9.17) is 4.74 Å². The molecule has 1 heterocycles. The van der Waals surface area contributed by atoms with E-state index < -0.39 is 11.7 Å². The van der Waals surface area contributed by atoms with Crippen molar-refractivity contribution in [3.63, 3.8) is 0 Å². The van der Waals surface area contributed by atoms with Gasteiger partial charge in [0.05, 0.1) is 17.3 Å². The molecule has 0 bridgehead atoms. The number of benzene rings is 2. The lowest BCUT2D eigenvalue weighted by atomic mass is 10.0. The molecule has 146 valence electrons. The maximum atomic E-state index is 12.7. The van der Waals surface area contributed by atoms with Gasteiger partial charge in [0.15, 0.2) is 0 Å². The minimum Gasteiger partial charge on any atom is -0.457 e. The van der Waals surface area contributed by atoms with E-state index in [0.717, 1.165) is 35.0 Å². The van der Waals surface area contributed by atoms with Crippen molar-refractivity contribution in [3.05, 3.63) is 53.7 Å². The van der Waals surface area contributed by atoms with Gasteiger partial charge in [-0.2, -0.15) is 18.3 Å². The molecule has 1 amide bonds. The summed E-state index contributed by atoms with van der Waals surface area (Å²) in [5.41, 5.74) is 1.07. The van der Waals surface area contributed by atoms with Crippen molar-refractivity contribution in [1.82, 2.24) is 15.1 Å². The normalized spacial score (nSPS) is 18.9. The maximum absolute atomic E-state index is 12.7. The van der Waals surface area contributed by atoms with Crippen molar-refractivity contribution >= 4 is 16.8 Å². The Morgan fingerprint density at radius 1 is 1.21 bits per heavy atom. The van der Waals surface area contributed by atoms with Crippen LogP contribution >= 0.6 is 0 Å². The second-order valence-electron chi connectivity index (χ2n) is 6.90. The fourth-order valence-corrected chi connectivity index (χ4v) is 3.48. The van der Waals surface area contributed by atoms with Gasteiger partial charge < -0.3 is 10.1 Å². The van der Waals surface area contributed by atoms with Crippen LogP contribution in [0.25, 0.3) is 10.9 Å². The standard InChI is InChI=1S/C20H18F3N3O2/c1-24-19(27)16-9-15(16)14-7-13(8-18-17(14)10-25-26(18)2)28-12-5-3-11(4-6-12)20(21,22)23/h3-8,10,15-16H,9H2,1-2H3,(H,24,27)/t15-,16+/m0/s1. The van der Waals surface area contributed by atoms with Crippen LogP contribution in [0.4, 0.5) is 13.2 Å². The lowest BCUT2D eigenvalue weighted by Crippen LogP contribution is -2.20. The Hall–Kier alpha value is -3.03. The predicted octanol–water partition coefficient (Wildman–Crippen LogP) is 4.23. The summed E-state index contributed by atoms with van der Waals surface area (Å²) in [5.74, 6) is 0.779. The quantitative estimate of drug-likeness (QED) is 0.726. The van der Waals surface area contributed by atoms with Crippen LogP contribution in [0.15, 0.2) is 42.6 Å². The highest BCUT2D eigenvalue weighted by atomic mass is 19.4. The molecule has 2 aromatic carbocycles. The number of carbonyl (C=O) groups is 1. The number of alkyl halides is 3. The highest BCUT2D eigenvalue weighted by Gasteiger charge is 2.44. The first-order valence-electron chi connectivity index (χ1n) is 8.80. The van der Waals surface area contributed by atoms with Gasteiger partial charge in [-0.25, -0.2) is 0 Å². The van der Waals surface area contributed by atoms with Crippen molar-refractivity contribution in [2.75, 3.05) is 7.05 Å². The Balaban J connectivity index is 1.66. The van der Waals surface area contributed by atoms with Crippen molar-refractivity contribution < 1.29 is 22.7 Å². The van der Waals surface area contributed by atoms with Gasteiger partial charge in [0.25, 0.3) is 0 Å². The molecule has 0 saturated heterocycles. The van der Waals surface area contributed by atoms with Crippen LogP contribution in [-0.2, 0) is 18.0 Å². The fraction of sp³-hybridized carbons (Fsp3) is 0.300. The number of rotatable bonds is 4. The van der Waals surface area contributed by atoms with Crippen molar-refractivity contribution in [2.24, 2.45) is 13.0 Å². The summed E-state index contributed by atoms with van der Waals surface area (Å²) >= 11 is 0. The molecule has 8 heteroatoms. The van der Waals surface area contributed by atoms with Crippen LogP contribution in [0.1, 0.15) is 23.5 Å². The van der Waals surface area contributed by atoms with Crippen LogP contribution < -0.4 is 10.1 Å². The molecule has 1 aromatic heterocycles. The molecule has 0 aliphatic heterocycles. The zero-order valence-corrected chi connectivity index (χ0v) is 15.2. The van der Waals surface area contributed by atoms with Gasteiger partial charge in [0.1, 0.15) is 11.5 Å². The second-order valence-corrected chi connectivity index (χ2v) is 6.90. The molecule has 1 saturated carbocycles. The number of fused-ring (bicyclic) bond motifs is 1. The second kappa shape index (κ2) is 6.54. The zero-order chi connectivity index (χ0) is 20.1. The van der Waals surface area contributed by atoms with Gasteiger partial charge in [0.2, 0.25) is 5.91 Å². The van der Waals surface area contributed by atoms with E-state index in [1.165, 1.54) is 12.1 Å². The van der Waals surface area contributed by atoms with Gasteiger partial charge in [0, 0.05) is 31.5 Å². The first kappa shape index (κ1) is 18.3. The predicted molar refractivity (Wildman–Crippen MR) is 97.1 cm³/mol. The highest BCUT2D eigenvalue weighted by molar-refractivity contribution is 5.88. The number of hydrogen-bond donors (Lipinski definition) is 1. The monoisotopic (exact) mass is 389 g/mol. The summed E-state index contributed by atoms with van der Waals surface area (Å²) in [7, 11) is 3.42. The van der Waals surface area contributed by atoms with Gasteiger partial charge in [-0.05, 0) is 48.2 Å². The number of nitrogens with one attached hydrogen (secondary N) is 1. The van der Waals surface area contributed by atoms with E-state index in [2.05, 4.69) is 10.4 Å². The first-order chi connectivity index (χ1) is 13.3. The van der Waals surface area contributed by atoms with E-state index >= 15 is 0 Å². The van der Waals surface area contributed by atoms with Gasteiger partial charge in [-0.1, -0.05) is 0 Å². The lowest BCUT2D eigenvalue weighted by molar-refractivity contribution is -0.137. The van der Waals surface area contributed by atoms with E-state index in [-0.39, 0.29) is 17.7 Å². The number of aromatic nitrogens is 2. The number of halogens is 3. The number of nitrogens with zero attached hydrogens (tertiary/aromatic N) is 2. The van der Waals surface area contributed by atoms with Crippen molar-refractivity contribution in [1.29, 1.82) is 0 Å². The largest absolute Gasteiger partial charge is 0.457 e. The van der Waals surface area contributed by atoms with Crippen molar-refractivity contribution in [2.45, 2.75) is 18.5 Å². The average molecular weight is 389 g/mol. The minimum absolute atomic E-state index is 0.00361. The highest BCUT2D eigenvalue weighted by Crippen LogP contribution is 2.50. The summed E-state index contributed by atoms with van der Waals surface area (Å²) in [6.07, 6.45) is -1.89. The molecule has 1 N–H and O–H groups in total. The maximum Gasteiger partial charge on any atom is 0.416 e. The van der Waals surface area contributed by atoms with E-state index in [1.54, 1.807) is 31.0 Å². The molecule has 0 spiro atoms. The SMILES string of the molecule is CNC(=O)[C@@H]1C[C@H]1c1cc(Oc2ccc(C(F)(F)F)cc2)cc2c1cnn2C. The molecule has 2 atom stereocenters. The molecular weight excluding hydrogens is 371 g/mol. The van der Waals surface area contributed by atoms with Crippen LogP contribution in [0.2, 0.25) is 0 Å². The summed E-state index contributed by atoms with van der Waals surface area (Å²) in [5, 5.41) is 7.89. The Labute approximate surface area is 159 Å². The van der Waals surface area contributed by atoms with Crippen LogP contribution in [0.5, 0.6) is 11.5 Å². The molecule has 3 aromatic rings. The number of aryl methyl sites for hydroxylation is 1. The van der Waals surface area contributed by atoms with Gasteiger partial charge >= 0.3 is 6.18 Å². The van der Waals surface area contributed by atoms with Gasteiger partial charge in [-0.3, -0.25) is 9.48 Å². The Morgan fingerprint density at radius 3 is 2.57 bits per heavy atom.